The normalized spacial score (nSPS) is 13.7. The van der Waals surface area contributed by atoms with Gasteiger partial charge in [0.1, 0.15) is 0 Å². The molecule has 3 heterocycles. The van der Waals surface area contributed by atoms with Crippen LogP contribution in [0.2, 0.25) is 0 Å². The summed E-state index contributed by atoms with van der Waals surface area (Å²) >= 11 is 1.98. The second-order valence-electron chi connectivity index (χ2n) is 25.8. The molecule has 0 unspecified atom stereocenters. The van der Waals surface area contributed by atoms with E-state index in [4.69, 9.17) is 0 Å². The fourth-order valence-corrected chi connectivity index (χ4v) is 13.7. The smallest absolute Gasteiger partial charge is 0.264 e. The minimum Gasteiger partial charge on any atom is -0.311 e. The van der Waals surface area contributed by atoms with E-state index >= 15 is 0 Å². The Morgan fingerprint density at radius 2 is 0.855 bits per heavy atom. The van der Waals surface area contributed by atoms with Crippen LogP contribution in [-0.4, -0.2) is 6.71 Å². The quantitative estimate of drug-likeness (QED) is 0.128. The summed E-state index contributed by atoms with van der Waals surface area (Å²) in [6, 6.07) is 72.8. The van der Waals surface area contributed by atoms with Crippen molar-refractivity contribution in [1.82, 2.24) is 0 Å². The molecule has 2 aliphatic heterocycles. The molecule has 2 nitrogen and oxygen atoms in total. The molecular formula is C72H67BN2S. The molecule has 13 rings (SSSR count). The summed E-state index contributed by atoms with van der Waals surface area (Å²) in [5.74, 6) is 0. The molecule has 10 aromatic carbocycles. The average molecular weight is 1000 g/mol. The molecule has 2 aliphatic rings. The van der Waals surface area contributed by atoms with Gasteiger partial charge in [-0.15, -0.1) is 11.3 Å². The van der Waals surface area contributed by atoms with Gasteiger partial charge in [0.05, 0.1) is 11.4 Å². The summed E-state index contributed by atoms with van der Waals surface area (Å²) in [5, 5.41) is 9.02. The van der Waals surface area contributed by atoms with Gasteiger partial charge in [0.25, 0.3) is 6.71 Å². The highest BCUT2D eigenvalue weighted by molar-refractivity contribution is 7.33. The van der Waals surface area contributed by atoms with Crippen LogP contribution in [0.25, 0.3) is 64.7 Å². The van der Waals surface area contributed by atoms with Crippen molar-refractivity contribution >= 4 is 110 Å². The van der Waals surface area contributed by atoms with Crippen LogP contribution < -0.4 is 25.5 Å². The third kappa shape index (κ3) is 7.73. The molecule has 0 saturated carbocycles. The molecule has 4 heteroatoms. The first-order valence-electron chi connectivity index (χ1n) is 27.4. The van der Waals surface area contributed by atoms with Gasteiger partial charge in [-0.25, -0.2) is 0 Å². The summed E-state index contributed by atoms with van der Waals surface area (Å²) in [6.07, 6.45) is 0. The molecule has 1 aromatic heterocycles. The summed E-state index contributed by atoms with van der Waals surface area (Å²) < 4.78 is 2.69. The van der Waals surface area contributed by atoms with E-state index in [2.05, 4.69) is 281 Å². The molecule has 0 spiro atoms. The van der Waals surface area contributed by atoms with Crippen molar-refractivity contribution in [1.29, 1.82) is 0 Å². The van der Waals surface area contributed by atoms with Gasteiger partial charge < -0.3 is 9.80 Å². The van der Waals surface area contributed by atoms with Gasteiger partial charge in [-0.05, 0) is 165 Å². The van der Waals surface area contributed by atoms with Gasteiger partial charge in [0.2, 0.25) is 0 Å². The predicted octanol–water partition coefficient (Wildman–Crippen LogP) is 19.0. The number of fused-ring (bicyclic) bond motifs is 12. The highest BCUT2D eigenvalue weighted by Gasteiger charge is 2.46. The third-order valence-corrected chi connectivity index (χ3v) is 17.9. The lowest BCUT2D eigenvalue weighted by molar-refractivity contribution is 0.590. The lowest BCUT2D eigenvalue weighted by atomic mass is 9.36. The second kappa shape index (κ2) is 17.1. The molecule has 374 valence electrons. The number of thiophene rings is 1. The Hall–Kier alpha value is -7.40. The summed E-state index contributed by atoms with van der Waals surface area (Å²) in [4.78, 5) is 5.26. The maximum Gasteiger partial charge on any atom is 0.264 e. The lowest BCUT2D eigenvalue weighted by Gasteiger charge is -2.43. The van der Waals surface area contributed by atoms with E-state index in [9.17, 15) is 0 Å². The molecule has 0 radical (unpaired) electrons. The Bertz CT molecular complexity index is 4130. The number of nitrogens with zero attached hydrogens (tertiary/aromatic N) is 2. The van der Waals surface area contributed by atoms with Crippen molar-refractivity contribution in [3.05, 3.63) is 210 Å². The molecule has 0 N–H and O–H groups in total. The molecule has 76 heavy (non-hydrogen) atoms. The van der Waals surface area contributed by atoms with Crippen molar-refractivity contribution < 1.29 is 0 Å². The molecular weight excluding hydrogens is 936 g/mol. The summed E-state index contributed by atoms with van der Waals surface area (Å²) in [5.41, 5.74) is 20.2. The van der Waals surface area contributed by atoms with E-state index in [0.29, 0.717) is 0 Å². The van der Waals surface area contributed by atoms with Crippen molar-refractivity contribution in [3.63, 3.8) is 0 Å². The minimum absolute atomic E-state index is 0.0172. The topological polar surface area (TPSA) is 6.48 Å². The predicted molar refractivity (Wildman–Crippen MR) is 334 cm³/mol. The lowest BCUT2D eigenvalue weighted by Crippen LogP contribution is -2.60. The molecule has 0 atom stereocenters. The Morgan fingerprint density at radius 1 is 0.342 bits per heavy atom. The zero-order valence-electron chi connectivity index (χ0n) is 46.3. The number of rotatable bonds is 4. The summed E-state index contributed by atoms with van der Waals surface area (Å²) in [7, 11) is 0. The zero-order chi connectivity index (χ0) is 52.8. The van der Waals surface area contributed by atoms with Crippen LogP contribution >= 0.6 is 11.3 Å². The van der Waals surface area contributed by atoms with Crippen LogP contribution in [0.15, 0.2) is 188 Å². The summed E-state index contributed by atoms with van der Waals surface area (Å²) in [6.45, 7) is 27.9. The Kier molecular flexibility index (Phi) is 10.8. The molecule has 0 aliphatic carbocycles. The van der Waals surface area contributed by atoms with E-state index in [0.717, 1.165) is 0 Å². The Labute approximate surface area is 454 Å². The first-order valence-corrected chi connectivity index (χ1v) is 28.2. The molecule has 0 amide bonds. The van der Waals surface area contributed by atoms with Gasteiger partial charge in [0.15, 0.2) is 0 Å². The maximum absolute atomic E-state index is 2.68. The number of hydrogen-bond acceptors (Lipinski definition) is 3. The van der Waals surface area contributed by atoms with Crippen molar-refractivity contribution in [3.8, 4) is 22.3 Å². The SMILES string of the molecule is CC(C)(C)c1ccc(-c2ccc3c(c2)B2c4sc5ccc(C(C)(C)C)cc5c4N(c4ccc(C(C)(C)C)cc4-c4ccc5c6ccccc6c6ccccc6c5c4)c4cccc(c42)N3c2cccc(C(C)(C)C)c2)cc1. The number of benzene rings is 10. The largest absolute Gasteiger partial charge is 0.311 e. The van der Waals surface area contributed by atoms with Gasteiger partial charge >= 0.3 is 0 Å². The first kappa shape index (κ1) is 48.3. The van der Waals surface area contributed by atoms with E-state index < -0.39 is 0 Å². The highest BCUT2D eigenvalue weighted by atomic mass is 32.1. The highest BCUT2D eigenvalue weighted by Crippen LogP contribution is 2.52. The van der Waals surface area contributed by atoms with Crippen molar-refractivity contribution in [2.45, 2.75) is 105 Å². The third-order valence-electron chi connectivity index (χ3n) is 16.7. The van der Waals surface area contributed by atoms with Crippen LogP contribution in [0.1, 0.15) is 105 Å². The Morgan fingerprint density at radius 3 is 1.50 bits per heavy atom. The first-order chi connectivity index (χ1) is 36.2. The minimum atomic E-state index is -0.0790. The second-order valence-corrected chi connectivity index (χ2v) is 26.9. The molecule has 11 aromatic rings. The fourth-order valence-electron chi connectivity index (χ4n) is 12.4. The number of anilines is 6. The van der Waals surface area contributed by atoms with Gasteiger partial charge in [0, 0.05) is 43.2 Å². The Balaban J connectivity index is 1.12. The van der Waals surface area contributed by atoms with E-state index in [1.54, 1.807) is 0 Å². The number of hydrogen-bond donors (Lipinski definition) is 0. The maximum atomic E-state index is 2.68. The van der Waals surface area contributed by atoms with Crippen molar-refractivity contribution in [2.75, 3.05) is 9.80 Å². The monoisotopic (exact) mass is 1000 g/mol. The van der Waals surface area contributed by atoms with E-state index in [-0.39, 0.29) is 28.4 Å². The molecule has 0 fully saturated rings. The molecule has 0 bridgehead atoms. The van der Waals surface area contributed by atoms with E-state index in [1.165, 1.54) is 137 Å². The van der Waals surface area contributed by atoms with Crippen LogP contribution in [-0.2, 0) is 21.7 Å². The van der Waals surface area contributed by atoms with Gasteiger partial charge in [-0.2, -0.15) is 0 Å². The fraction of sp³-hybridized carbons (Fsp3) is 0.222. The average Bonchev–Trinajstić information content (AvgIpc) is 3.88. The van der Waals surface area contributed by atoms with Crippen LogP contribution in [0.5, 0.6) is 0 Å². The van der Waals surface area contributed by atoms with Crippen LogP contribution in [0.3, 0.4) is 0 Å². The standard InChI is InChI=1S/C72H67BN2S/c1-69(2,3)47-31-27-44(28-32-47)45-30-36-62-60(40-45)73-66-63(74(62)51-20-17-19-48(41-51)70(4,5)6)25-18-26-64(66)75(67-59-43-50(72(10,11)12)34-38-65(59)76-68(67)73)61-37-33-49(71(7,8)9)42-57(61)46-29-35-56-54-23-14-13-21-52(54)53-22-15-16-24-55(53)58(56)39-46/h13-43H,1-12H3. The molecule has 0 saturated heterocycles. The van der Waals surface area contributed by atoms with Crippen molar-refractivity contribution in [2.24, 2.45) is 0 Å². The van der Waals surface area contributed by atoms with Crippen LogP contribution in [0, 0.1) is 0 Å². The van der Waals surface area contributed by atoms with E-state index in [1.807, 2.05) is 11.3 Å². The zero-order valence-corrected chi connectivity index (χ0v) is 47.1. The van der Waals surface area contributed by atoms with Crippen LogP contribution in [0.4, 0.5) is 34.1 Å². The van der Waals surface area contributed by atoms with Gasteiger partial charge in [-0.1, -0.05) is 210 Å². The van der Waals surface area contributed by atoms with Gasteiger partial charge in [-0.3, -0.25) is 0 Å².